The average Bonchev–Trinajstić information content (AvgIpc) is 2.17. The molecule has 46 valence electrons. The summed E-state index contributed by atoms with van der Waals surface area (Å²) >= 11 is 2.72. The first kappa shape index (κ1) is 6.59. The maximum atomic E-state index is 4.06. The van der Waals surface area contributed by atoms with Crippen molar-refractivity contribution in [1.82, 2.24) is 0 Å². The molecule has 0 aromatic heterocycles. The topological polar surface area (TPSA) is 24.7 Å². The summed E-state index contributed by atoms with van der Waals surface area (Å²) in [4.78, 5) is 7.98. The van der Waals surface area contributed by atoms with Gasteiger partial charge in [0.2, 0.25) is 0 Å². The molecule has 0 aliphatic carbocycles. The summed E-state index contributed by atoms with van der Waals surface area (Å²) in [5.74, 6) is 0. The molecule has 0 atom stereocenters. The number of hydrogen-bond donors (Lipinski definition) is 0. The van der Waals surface area contributed by atoms with Gasteiger partial charge >= 0.3 is 61.2 Å². The molecule has 0 N–H and O–H groups in total. The van der Waals surface area contributed by atoms with Gasteiger partial charge in [-0.1, -0.05) is 0 Å². The van der Waals surface area contributed by atoms with E-state index in [-0.39, 0.29) is 0 Å². The fraction of sp³-hybridized carbons (Fsp3) is 0.167. The first-order valence-corrected chi connectivity index (χ1v) is 3.45. The van der Waals surface area contributed by atoms with Crippen molar-refractivity contribution < 1.29 is 0 Å². The maximum absolute atomic E-state index is 4.06. The van der Waals surface area contributed by atoms with Gasteiger partial charge in [0.25, 0.3) is 0 Å². The van der Waals surface area contributed by atoms with Crippen LogP contribution in [0.15, 0.2) is 22.6 Å². The predicted molar refractivity (Wildman–Crippen MR) is 41.5 cm³/mol. The van der Waals surface area contributed by atoms with Crippen LogP contribution in [0.5, 0.6) is 0 Å². The zero-order chi connectivity index (χ0) is 6.69. The third-order valence-corrected chi connectivity index (χ3v) is 1.33. The van der Waals surface area contributed by atoms with Crippen molar-refractivity contribution in [2.24, 2.45) is 9.98 Å². The van der Waals surface area contributed by atoms with Crippen LogP contribution in [-0.2, 0) is 0 Å². The molecule has 9 heavy (non-hydrogen) atoms. The van der Waals surface area contributed by atoms with Crippen LogP contribution in [0.3, 0.4) is 0 Å². The molecule has 1 heterocycles. The monoisotopic (exact) mass is 186 g/mol. The van der Waals surface area contributed by atoms with Crippen molar-refractivity contribution in [3.63, 3.8) is 0 Å². The van der Waals surface area contributed by atoms with E-state index >= 15 is 0 Å². The number of hydrogen-bond acceptors (Lipinski definition) is 2. The summed E-state index contributed by atoms with van der Waals surface area (Å²) in [5, 5.41) is 0. The molecule has 0 saturated carbocycles. The Morgan fingerprint density at radius 2 is 2.56 bits per heavy atom. The van der Waals surface area contributed by atoms with Gasteiger partial charge in [0.1, 0.15) is 0 Å². The molecular weight excluding hydrogens is 179 g/mol. The van der Waals surface area contributed by atoms with E-state index in [1.807, 2.05) is 6.08 Å². The Kier molecular flexibility index (Phi) is 2.09. The fourth-order valence-electron chi connectivity index (χ4n) is 0.557. The number of allylic oxidation sites excluding steroid dienone is 1. The Morgan fingerprint density at radius 3 is 3.00 bits per heavy atom. The van der Waals surface area contributed by atoms with E-state index in [4.69, 9.17) is 0 Å². The summed E-state index contributed by atoms with van der Waals surface area (Å²) in [6.45, 7) is 3.59. The van der Waals surface area contributed by atoms with Crippen LogP contribution >= 0.6 is 0 Å². The van der Waals surface area contributed by atoms with Crippen molar-refractivity contribution in [3.05, 3.63) is 12.7 Å². The SMILES string of the molecule is C=CCC1=NC(=[Se])N=C1. The Bertz CT molecular complexity index is 203. The molecule has 2 nitrogen and oxygen atoms in total. The predicted octanol–water partition coefficient (Wildman–Crippen LogP) is 0.344. The van der Waals surface area contributed by atoms with Crippen molar-refractivity contribution >= 4 is 32.2 Å². The molecule has 0 amide bonds. The van der Waals surface area contributed by atoms with Crippen molar-refractivity contribution in [2.75, 3.05) is 0 Å². The van der Waals surface area contributed by atoms with Crippen LogP contribution in [0, 0.1) is 0 Å². The van der Waals surface area contributed by atoms with Gasteiger partial charge in [0.05, 0.1) is 0 Å². The fourth-order valence-corrected chi connectivity index (χ4v) is 0.913. The molecule has 0 spiro atoms. The van der Waals surface area contributed by atoms with Gasteiger partial charge in [-0.25, -0.2) is 0 Å². The van der Waals surface area contributed by atoms with Crippen molar-refractivity contribution in [2.45, 2.75) is 6.42 Å². The Morgan fingerprint density at radius 1 is 1.78 bits per heavy atom. The van der Waals surface area contributed by atoms with Gasteiger partial charge in [-0.2, -0.15) is 0 Å². The first-order valence-electron chi connectivity index (χ1n) is 2.59. The van der Waals surface area contributed by atoms with Gasteiger partial charge < -0.3 is 0 Å². The average molecular weight is 185 g/mol. The molecule has 0 aromatic rings. The molecule has 0 fully saturated rings. The normalized spacial score (nSPS) is 16.0. The molecule has 1 rings (SSSR count). The second-order valence-corrected chi connectivity index (χ2v) is 2.40. The summed E-state index contributed by atoms with van der Waals surface area (Å²) in [5.41, 5.74) is 0.971. The van der Waals surface area contributed by atoms with Crippen LogP contribution in [0.1, 0.15) is 6.42 Å². The molecular formula is C6H6N2Se. The Labute approximate surface area is 61.8 Å². The zero-order valence-corrected chi connectivity index (χ0v) is 6.58. The second kappa shape index (κ2) is 2.85. The first-order chi connectivity index (χ1) is 4.33. The quantitative estimate of drug-likeness (QED) is 0.438. The molecule has 0 bridgehead atoms. The van der Waals surface area contributed by atoms with Gasteiger partial charge in [0.15, 0.2) is 0 Å². The van der Waals surface area contributed by atoms with Gasteiger partial charge in [-0.3, -0.25) is 0 Å². The summed E-state index contributed by atoms with van der Waals surface area (Å²) in [6.07, 6.45) is 4.35. The van der Waals surface area contributed by atoms with Crippen LogP contribution in [0.4, 0.5) is 0 Å². The van der Waals surface area contributed by atoms with E-state index in [0.29, 0.717) is 4.67 Å². The molecule has 0 aromatic carbocycles. The van der Waals surface area contributed by atoms with Crippen LogP contribution in [0.25, 0.3) is 0 Å². The van der Waals surface area contributed by atoms with E-state index in [1.54, 1.807) is 6.21 Å². The minimum atomic E-state index is 0.715. The third-order valence-electron chi connectivity index (χ3n) is 0.917. The molecule has 1 aliphatic rings. The number of aliphatic imine (C=N–C) groups is 2. The van der Waals surface area contributed by atoms with Crippen LogP contribution < -0.4 is 0 Å². The van der Waals surface area contributed by atoms with Crippen molar-refractivity contribution in [3.8, 4) is 0 Å². The third kappa shape index (κ3) is 1.70. The molecule has 0 saturated heterocycles. The molecule has 0 unspecified atom stereocenters. The van der Waals surface area contributed by atoms with E-state index in [2.05, 4.69) is 32.1 Å². The summed E-state index contributed by atoms with van der Waals surface area (Å²) in [6, 6.07) is 0. The van der Waals surface area contributed by atoms with E-state index in [1.165, 1.54) is 0 Å². The standard InChI is InChI=1S/C6H6N2Se/c1-2-3-5-4-7-6(9)8-5/h2,4H,1,3H2. The molecule has 3 heteroatoms. The Balaban J connectivity index is 2.63. The van der Waals surface area contributed by atoms with E-state index in [9.17, 15) is 0 Å². The van der Waals surface area contributed by atoms with Gasteiger partial charge in [-0.15, -0.1) is 0 Å². The zero-order valence-electron chi connectivity index (χ0n) is 4.87. The van der Waals surface area contributed by atoms with E-state index < -0.39 is 0 Å². The molecule has 0 radical (unpaired) electrons. The summed E-state index contributed by atoms with van der Waals surface area (Å²) in [7, 11) is 0. The Hall–Kier alpha value is -0.531. The number of rotatable bonds is 2. The van der Waals surface area contributed by atoms with Gasteiger partial charge in [-0.05, 0) is 0 Å². The van der Waals surface area contributed by atoms with Gasteiger partial charge in [0, 0.05) is 0 Å². The minimum absolute atomic E-state index is 0.715. The van der Waals surface area contributed by atoms with Crippen LogP contribution in [0.2, 0.25) is 0 Å². The summed E-state index contributed by atoms with van der Waals surface area (Å²) < 4.78 is 0.715. The van der Waals surface area contributed by atoms with E-state index in [0.717, 1.165) is 12.1 Å². The van der Waals surface area contributed by atoms with Crippen LogP contribution in [-0.4, -0.2) is 32.2 Å². The number of nitrogens with zero attached hydrogens (tertiary/aromatic N) is 2. The molecule has 1 aliphatic heterocycles. The second-order valence-electron chi connectivity index (χ2n) is 1.64. The van der Waals surface area contributed by atoms with Crippen molar-refractivity contribution in [1.29, 1.82) is 0 Å².